The lowest BCUT2D eigenvalue weighted by molar-refractivity contribution is 0.661. The fourth-order valence-electron chi connectivity index (χ4n) is 1.37. The molecule has 0 unspecified atom stereocenters. The van der Waals surface area contributed by atoms with E-state index in [0.29, 0.717) is 5.59 Å². The molecule has 1 heterocycles. The van der Waals surface area contributed by atoms with Crippen LogP contribution >= 0.6 is 0 Å². The van der Waals surface area contributed by atoms with Crippen molar-refractivity contribution in [1.29, 1.82) is 0 Å². The van der Waals surface area contributed by atoms with E-state index in [0.717, 1.165) is 12.1 Å². The normalized spacial score (nSPS) is 10.2. The maximum atomic E-state index is 5.58. The minimum atomic E-state index is 0.632. The summed E-state index contributed by atoms with van der Waals surface area (Å²) >= 11 is 0. The maximum absolute atomic E-state index is 5.58. The van der Waals surface area contributed by atoms with Gasteiger partial charge in [-0.2, -0.15) is 0 Å². The molecule has 0 atom stereocenters. The molecule has 2 heteroatoms. The number of hydrogen-bond acceptors (Lipinski definition) is 1. The molecule has 68 valence electrons. The zero-order valence-electron chi connectivity index (χ0n) is 8.29. The van der Waals surface area contributed by atoms with Gasteiger partial charge in [0.15, 0.2) is 0 Å². The smallest absolute Gasteiger partial charge is 0.141 e. The Morgan fingerprint density at radius 2 is 2.08 bits per heavy atom. The van der Waals surface area contributed by atoms with Crippen molar-refractivity contribution in [3.8, 4) is 0 Å². The van der Waals surface area contributed by atoms with Crippen molar-refractivity contribution in [1.82, 2.24) is 4.98 Å². The quantitative estimate of drug-likeness (QED) is 0.490. The van der Waals surface area contributed by atoms with Gasteiger partial charge in [-0.15, -0.1) is 0 Å². The first kappa shape index (κ1) is 10.3. The molecule has 0 aliphatic heterocycles. The molecule has 2 radical (unpaired) electrons. The molecule has 1 nitrogen and oxygen atoms in total. The first-order chi connectivity index (χ1) is 6.33. The average molecular weight is 173 g/mol. The third kappa shape index (κ3) is 4.11. The van der Waals surface area contributed by atoms with Crippen LogP contribution in [0.4, 0.5) is 0 Å². The van der Waals surface area contributed by atoms with Crippen molar-refractivity contribution in [2.45, 2.75) is 39.0 Å². The molecule has 0 amide bonds. The molecule has 13 heavy (non-hydrogen) atoms. The Morgan fingerprint density at radius 3 is 2.77 bits per heavy atom. The Labute approximate surface area is 82.0 Å². The topological polar surface area (TPSA) is 12.9 Å². The van der Waals surface area contributed by atoms with Crippen molar-refractivity contribution in [3.63, 3.8) is 0 Å². The molecule has 1 aromatic heterocycles. The summed E-state index contributed by atoms with van der Waals surface area (Å²) in [6, 6.07) is 5.84. The monoisotopic (exact) mass is 173 g/mol. The van der Waals surface area contributed by atoms with E-state index in [1.165, 1.54) is 25.7 Å². The molecule has 0 N–H and O–H groups in total. The van der Waals surface area contributed by atoms with E-state index in [4.69, 9.17) is 7.85 Å². The zero-order valence-corrected chi connectivity index (χ0v) is 8.29. The van der Waals surface area contributed by atoms with Crippen LogP contribution < -0.4 is 5.59 Å². The van der Waals surface area contributed by atoms with E-state index in [-0.39, 0.29) is 0 Å². The fourth-order valence-corrected chi connectivity index (χ4v) is 1.37. The fraction of sp³-hybridized carbons (Fsp3) is 0.545. The Balaban J connectivity index is 2.28. The van der Waals surface area contributed by atoms with Crippen LogP contribution in [0.2, 0.25) is 0 Å². The first-order valence-electron chi connectivity index (χ1n) is 5.04. The molecule has 0 bridgehead atoms. The Morgan fingerprint density at radius 1 is 1.23 bits per heavy atom. The van der Waals surface area contributed by atoms with Gasteiger partial charge in [0.1, 0.15) is 7.85 Å². The highest BCUT2D eigenvalue weighted by Gasteiger charge is 1.94. The second-order valence-corrected chi connectivity index (χ2v) is 3.36. The van der Waals surface area contributed by atoms with Crippen molar-refractivity contribution in [3.05, 3.63) is 23.9 Å². The maximum Gasteiger partial charge on any atom is 0.141 e. The summed E-state index contributed by atoms with van der Waals surface area (Å²) in [6.45, 7) is 2.22. The van der Waals surface area contributed by atoms with Crippen LogP contribution in [0.25, 0.3) is 0 Å². The van der Waals surface area contributed by atoms with Gasteiger partial charge >= 0.3 is 0 Å². The van der Waals surface area contributed by atoms with Gasteiger partial charge < -0.3 is 0 Å². The summed E-state index contributed by atoms with van der Waals surface area (Å²) in [7, 11) is 5.58. The van der Waals surface area contributed by atoms with Gasteiger partial charge in [-0.25, -0.2) is 0 Å². The van der Waals surface area contributed by atoms with E-state index in [9.17, 15) is 0 Å². The van der Waals surface area contributed by atoms with Gasteiger partial charge in [-0.1, -0.05) is 38.3 Å². The molecule has 1 aromatic rings. The Bertz CT molecular complexity index is 248. The van der Waals surface area contributed by atoms with Crippen molar-refractivity contribution >= 4 is 13.4 Å². The SMILES string of the molecule is [B]c1cccc(CCCCCC)n1. The van der Waals surface area contributed by atoms with Crippen LogP contribution in [0, 0.1) is 0 Å². The van der Waals surface area contributed by atoms with Crippen molar-refractivity contribution in [2.24, 2.45) is 0 Å². The van der Waals surface area contributed by atoms with E-state index in [2.05, 4.69) is 11.9 Å². The van der Waals surface area contributed by atoms with E-state index >= 15 is 0 Å². The predicted molar refractivity (Wildman–Crippen MR) is 57.5 cm³/mol. The lowest BCUT2D eigenvalue weighted by Gasteiger charge is -2.01. The number of aromatic nitrogens is 1. The summed E-state index contributed by atoms with van der Waals surface area (Å²) in [5, 5.41) is 0. The van der Waals surface area contributed by atoms with Gasteiger partial charge in [-0.3, -0.25) is 4.98 Å². The molecule has 0 spiro atoms. The summed E-state index contributed by atoms with van der Waals surface area (Å²) in [4.78, 5) is 4.25. The molecular formula is C11H16BN. The second-order valence-electron chi connectivity index (χ2n) is 3.36. The number of aryl methyl sites for hydroxylation is 1. The summed E-state index contributed by atoms with van der Waals surface area (Å²) in [6.07, 6.45) is 6.19. The summed E-state index contributed by atoms with van der Waals surface area (Å²) in [5.41, 5.74) is 1.75. The standard InChI is InChI=1S/C11H16BN/c1-2-3-4-5-7-10-8-6-9-11(12)13-10/h6,8-9H,2-5,7H2,1H3. The molecule has 0 aliphatic rings. The van der Waals surface area contributed by atoms with Crippen LogP contribution in [0.3, 0.4) is 0 Å². The number of rotatable bonds is 5. The molecule has 0 saturated carbocycles. The molecule has 0 aromatic carbocycles. The molecule has 0 aliphatic carbocycles. The van der Waals surface area contributed by atoms with Gasteiger partial charge in [0.2, 0.25) is 0 Å². The minimum Gasteiger partial charge on any atom is -0.269 e. The highest BCUT2D eigenvalue weighted by Crippen LogP contribution is 2.04. The highest BCUT2D eigenvalue weighted by atomic mass is 14.7. The lowest BCUT2D eigenvalue weighted by Crippen LogP contribution is -2.09. The molecule has 1 rings (SSSR count). The Kier molecular flexibility index (Phi) is 4.59. The van der Waals surface area contributed by atoms with Gasteiger partial charge in [0.25, 0.3) is 0 Å². The molecule has 0 saturated heterocycles. The van der Waals surface area contributed by atoms with Crippen LogP contribution in [-0.2, 0) is 6.42 Å². The van der Waals surface area contributed by atoms with E-state index in [1.807, 2.05) is 18.2 Å². The summed E-state index contributed by atoms with van der Waals surface area (Å²) in [5.74, 6) is 0. The van der Waals surface area contributed by atoms with Gasteiger partial charge in [0.05, 0.1) is 0 Å². The van der Waals surface area contributed by atoms with Crippen LogP contribution in [0.15, 0.2) is 18.2 Å². The predicted octanol–water partition coefficient (Wildman–Crippen LogP) is 2.00. The van der Waals surface area contributed by atoms with Crippen molar-refractivity contribution in [2.75, 3.05) is 0 Å². The Hall–Kier alpha value is -0.785. The lowest BCUT2D eigenvalue weighted by atomic mass is 10.0. The van der Waals surface area contributed by atoms with Crippen molar-refractivity contribution < 1.29 is 0 Å². The first-order valence-corrected chi connectivity index (χ1v) is 5.04. The van der Waals surface area contributed by atoms with Gasteiger partial charge in [0, 0.05) is 5.69 Å². The second kappa shape index (κ2) is 5.79. The number of unbranched alkanes of at least 4 members (excludes halogenated alkanes) is 3. The van der Waals surface area contributed by atoms with E-state index < -0.39 is 0 Å². The average Bonchev–Trinajstić information content (AvgIpc) is 2.13. The largest absolute Gasteiger partial charge is 0.269 e. The third-order valence-corrected chi connectivity index (χ3v) is 2.11. The van der Waals surface area contributed by atoms with Crippen LogP contribution in [0.5, 0.6) is 0 Å². The molecular weight excluding hydrogens is 157 g/mol. The van der Waals surface area contributed by atoms with Crippen LogP contribution in [-0.4, -0.2) is 12.8 Å². The number of nitrogens with zero attached hydrogens (tertiary/aromatic N) is 1. The molecule has 0 fully saturated rings. The third-order valence-electron chi connectivity index (χ3n) is 2.11. The van der Waals surface area contributed by atoms with Gasteiger partial charge in [-0.05, 0) is 24.5 Å². The minimum absolute atomic E-state index is 0.632. The zero-order chi connectivity index (χ0) is 9.52. The number of hydrogen-bond donors (Lipinski definition) is 0. The highest BCUT2D eigenvalue weighted by molar-refractivity contribution is 6.30. The number of pyridine rings is 1. The summed E-state index contributed by atoms with van der Waals surface area (Å²) < 4.78 is 0. The van der Waals surface area contributed by atoms with E-state index in [1.54, 1.807) is 0 Å². The van der Waals surface area contributed by atoms with Crippen LogP contribution in [0.1, 0.15) is 38.3 Å².